The van der Waals surface area contributed by atoms with E-state index in [4.69, 9.17) is 0 Å². The highest BCUT2D eigenvalue weighted by atomic mass is 19.4. The number of rotatable bonds is 2. The summed E-state index contributed by atoms with van der Waals surface area (Å²) in [5, 5.41) is 15.9. The maximum atomic E-state index is 13.1. The van der Waals surface area contributed by atoms with Crippen molar-refractivity contribution in [2.24, 2.45) is 0 Å². The summed E-state index contributed by atoms with van der Waals surface area (Å²) in [6, 6.07) is 9.35. The number of aromatic carboxylic acids is 1. The molecule has 0 saturated carbocycles. The number of aromatic nitrogens is 2. The lowest BCUT2D eigenvalue weighted by Crippen LogP contribution is -2.07. The number of carbonyl (C=O) groups is 1. The molecule has 0 aliphatic carbocycles. The average Bonchev–Trinajstić information content (AvgIpc) is 2.90. The minimum Gasteiger partial charge on any atom is -0.478 e. The van der Waals surface area contributed by atoms with E-state index in [9.17, 15) is 23.1 Å². The molecule has 2 aromatic carbocycles. The lowest BCUT2D eigenvalue weighted by atomic mass is 9.99. The van der Waals surface area contributed by atoms with E-state index in [1.165, 1.54) is 30.3 Å². The molecule has 0 fully saturated rings. The summed E-state index contributed by atoms with van der Waals surface area (Å²) in [5.74, 6) is -1.22. The number of hydrogen-bond donors (Lipinski definition) is 2. The molecule has 0 atom stereocenters. The molecule has 1 aromatic heterocycles. The Labute approximate surface area is 122 Å². The van der Waals surface area contributed by atoms with Gasteiger partial charge in [-0.05, 0) is 18.2 Å². The monoisotopic (exact) mass is 306 g/mol. The van der Waals surface area contributed by atoms with E-state index in [-0.39, 0.29) is 22.2 Å². The Bertz CT molecular complexity index is 869. The highest BCUT2D eigenvalue weighted by molar-refractivity contribution is 6.08. The van der Waals surface area contributed by atoms with Crippen LogP contribution in [0.1, 0.15) is 15.9 Å². The van der Waals surface area contributed by atoms with Crippen molar-refractivity contribution in [2.45, 2.75) is 6.18 Å². The van der Waals surface area contributed by atoms with E-state index >= 15 is 0 Å². The summed E-state index contributed by atoms with van der Waals surface area (Å²) < 4.78 is 39.4. The van der Waals surface area contributed by atoms with Gasteiger partial charge in [-0.2, -0.15) is 18.3 Å². The van der Waals surface area contributed by atoms with Crippen LogP contribution in [-0.4, -0.2) is 21.3 Å². The first-order valence-electron chi connectivity index (χ1n) is 6.26. The SMILES string of the molecule is O=C(O)c1cccc2[nH]nc(-c3ccccc3C(F)(F)F)c12. The summed E-state index contributed by atoms with van der Waals surface area (Å²) in [6.45, 7) is 0. The fourth-order valence-electron chi connectivity index (χ4n) is 2.38. The molecule has 2 N–H and O–H groups in total. The molecule has 0 saturated heterocycles. The van der Waals surface area contributed by atoms with E-state index in [0.717, 1.165) is 6.07 Å². The Hall–Kier alpha value is -2.83. The summed E-state index contributed by atoms with van der Waals surface area (Å²) in [5.41, 5.74) is -0.774. The third kappa shape index (κ3) is 2.20. The number of alkyl halides is 3. The molecule has 0 spiro atoms. The largest absolute Gasteiger partial charge is 0.478 e. The molecule has 0 amide bonds. The number of hydrogen-bond acceptors (Lipinski definition) is 2. The maximum absolute atomic E-state index is 13.1. The lowest BCUT2D eigenvalue weighted by Gasteiger charge is -2.11. The number of nitrogens with one attached hydrogen (secondary N) is 1. The number of carboxylic acid groups (broad SMARTS) is 1. The van der Waals surface area contributed by atoms with Gasteiger partial charge in [-0.15, -0.1) is 0 Å². The highest BCUT2D eigenvalue weighted by Crippen LogP contribution is 2.39. The summed E-state index contributed by atoms with van der Waals surface area (Å²) >= 11 is 0. The van der Waals surface area contributed by atoms with Gasteiger partial charge in [0.2, 0.25) is 0 Å². The quantitative estimate of drug-likeness (QED) is 0.753. The van der Waals surface area contributed by atoms with Crippen LogP contribution in [0.2, 0.25) is 0 Å². The Morgan fingerprint density at radius 2 is 1.82 bits per heavy atom. The van der Waals surface area contributed by atoms with E-state index in [2.05, 4.69) is 10.2 Å². The van der Waals surface area contributed by atoms with Gasteiger partial charge in [0.15, 0.2) is 0 Å². The summed E-state index contributed by atoms with van der Waals surface area (Å²) in [6.07, 6.45) is -4.56. The van der Waals surface area contributed by atoms with E-state index in [1.807, 2.05) is 0 Å². The second-order valence-electron chi connectivity index (χ2n) is 4.65. The molecule has 0 aliphatic heterocycles. The smallest absolute Gasteiger partial charge is 0.417 e. The number of fused-ring (bicyclic) bond motifs is 1. The van der Waals surface area contributed by atoms with Crippen LogP contribution in [-0.2, 0) is 6.18 Å². The molecule has 22 heavy (non-hydrogen) atoms. The molecule has 3 rings (SSSR count). The predicted molar refractivity (Wildman–Crippen MR) is 73.5 cm³/mol. The molecule has 4 nitrogen and oxygen atoms in total. The van der Waals surface area contributed by atoms with Gasteiger partial charge in [-0.1, -0.05) is 24.3 Å². The third-order valence-electron chi connectivity index (χ3n) is 3.31. The number of H-pyrrole nitrogens is 1. The van der Waals surface area contributed by atoms with Crippen molar-refractivity contribution in [2.75, 3.05) is 0 Å². The molecule has 1 heterocycles. The molecule has 0 radical (unpaired) electrons. The van der Waals surface area contributed by atoms with Gasteiger partial charge >= 0.3 is 12.1 Å². The number of benzene rings is 2. The van der Waals surface area contributed by atoms with E-state index < -0.39 is 17.7 Å². The Kier molecular flexibility index (Phi) is 3.13. The first-order valence-corrected chi connectivity index (χ1v) is 6.26. The lowest BCUT2D eigenvalue weighted by molar-refractivity contribution is -0.137. The first-order chi connectivity index (χ1) is 10.4. The predicted octanol–water partition coefficient (Wildman–Crippen LogP) is 3.95. The first kappa shape index (κ1) is 14.1. The highest BCUT2D eigenvalue weighted by Gasteiger charge is 2.34. The molecular weight excluding hydrogens is 297 g/mol. The van der Waals surface area contributed by atoms with Crippen molar-refractivity contribution in [3.63, 3.8) is 0 Å². The summed E-state index contributed by atoms with van der Waals surface area (Å²) in [4.78, 5) is 11.3. The molecule has 112 valence electrons. The number of carboxylic acids is 1. The van der Waals surface area contributed by atoms with Gasteiger partial charge in [0.05, 0.1) is 16.6 Å². The van der Waals surface area contributed by atoms with Crippen LogP contribution >= 0.6 is 0 Å². The zero-order valence-corrected chi connectivity index (χ0v) is 11.0. The average molecular weight is 306 g/mol. The minimum absolute atomic E-state index is 0.0269. The molecule has 0 unspecified atom stereocenters. The van der Waals surface area contributed by atoms with Gasteiger partial charge in [0, 0.05) is 10.9 Å². The minimum atomic E-state index is -4.56. The number of halogens is 3. The Morgan fingerprint density at radius 1 is 1.09 bits per heavy atom. The fraction of sp³-hybridized carbons (Fsp3) is 0.0667. The van der Waals surface area contributed by atoms with Gasteiger partial charge in [-0.25, -0.2) is 4.79 Å². The molecule has 0 bridgehead atoms. The van der Waals surface area contributed by atoms with Crippen molar-refractivity contribution in [3.05, 3.63) is 53.6 Å². The second kappa shape index (κ2) is 4.87. The van der Waals surface area contributed by atoms with Crippen LogP contribution in [0, 0.1) is 0 Å². The van der Waals surface area contributed by atoms with Gasteiger partial charge in [0.1, 0.15) is 5.69 Å². The van der Waals surface area contributed by atoms with Crippen LogP contribution in [0.3, 0.4) is 0 Å². The van der Waals surface area contributed by atoms with Crippen LogP contribution < -0.4 is 0 Å². The Morgan fingerprint density at radius 3 is 2.50 bits per heavy atom. The van der Waals surface area contributed by atoms with E-state index in [0.29, 0.717) is 5.52 Å². The van der Waals surface area contributed by atoms with Crippen molar-refractivity contribution < 1.29 is 23.1 Å². The number of aromatic amines is 1. The zero-order chi connectivity index (χ0) is 15.9. The van der Waals surface area contributed by atoms with Crippen molar-refractivity contribution >= 4 is 16.9 Å². The number of nitrogens with zero attached hydrogens (tertiary/aromatic N) is 1. The van der Waals surface area contributed by atoms with Crippen LogP contribution in [0.15, 0.2) is 42.5 Å². The maximum Gasteiger partial charge on any atom is 0.417 e. The van der Waals surface area contributed by atoms with Crippen molar-refractivity contribution in [3.8, 4) is 11.3 Å². The van der Waals surface area contributed by atoms with Crippen molar-refractivity contribution in [1.29, 1.82) is 0 Å². The summed E-state index contributed by atoms with van der Waals surface area (Å²) in [7, 11) is 0. The standard InChI is InChI=1S/C15H9F3N2O2/c16-15(17,18)10-6-2-1-4-8(10)13-12-9(14(21)22)5-3-7-11(12)19-20-13/h1-7H,(H,19,20)(H,21,22). The third-order valence-corrected chi connectivity index (χ3v) is 3.31. The van der Waals surface area contributed by atoms with Gasteiger partial charge < -0.3 is 5.11 Å². The zero-order valence-electron chi connectivity index (χ0n) is 11.0. The van der Waals surface area contributed by atoms with Crippen molar-refractivity contribution in [1.82, 2.24) is 10.2 Å². The van der Waals surface area contributed by atoms with Crippen LogP contribution in [0.4, 0.5) is 13.2 Å². The van der Waals surface area contributed by atoms with Gasteiger partial charge in [-0.3, -0.25) is 5.10 Å². The van der Waals surface area contributed by atoms with Crippen LogP contribution in [0.5, 0.6) is 0 Å². The van der Waals surface area contributed by atoms with E-state index in [1.54, 1.807) is 6.07 Å². The van der Waals surface area contributed by atoms with Gasteiger partial charge in [0.25, 0.3) is 0 Å². The molecule has 7 heteroatoms. The fourth-order valence-corrected chi connectivity index (χ4v) is 2.38. The molecule has 3 aromatic rings. The topological polar surface area (TPSA) is 66.0 Å². The Balaban J connectivity index is 2.36. The molecule has 0 aliphatic rings. The van der Waals surface area contributed by atoms with Crippen LogP contribution in [0.25, 0.3) is 22.2 Å². The normalized spacial score (nSPS) is 11.8. The second-order valence-corrected chi connectivity index (χ2v) is 4.65. The molecular formula is C15H9F3N2O2.